The number of nitrogen functional groups attached to an aromatic ring is 1. The van der Waals surface area contributed by atoms with Crippen LogP contribution < -0.4 is 15.8 Å². The van der Waals surface area contributed by atoms with Crippen molar-refractivity contribution in [1.29, 1.82) is 5.41 Å². The smallest absolute Gasteiger partial charge is 0.330 e. The van der Waals surface area contributed by atoms with Crippen molar-refractivity contribution in [1.82, 2.24) is 4.90 Å². The van der Waals surface area contributed by atoms with Gasteiger partial charge in [0.15, 0.2) is 6.04 Å². The van der Waals surface area contributed by atoms with E-state index in [1.54, 1.807) is 30.3 Å². The van der Waals surface area contributed by atoms with Crippen LogP contribution in [0, 0.1) is 10.8 Å². The van der Waals surface area contributed by atoms with Gasteiger partial charge in [0, 0.05) is 23.2 Å². The lowest BCUT2D eigenvalue weighted by molar-refractivity contribution is -0.138. The van der Waals surface area contributed by atoms with E-state index in [9.17, 15) is 9.90 Å². The molecular formula is C24H34N4O3. The molecule has 1 atom stereocenters. The monoisotopic (exact) mass is 426 g/mol. The van der Waals surface area contributed by atoms with Crippen LogP contribution in [0.4, 0.5) is 5.69 Å². The van der Waals surface area contributed by atoms with Crippen molar-refractivity contribution in [3.8, 4) is 5.75 Å². The van der Waals surface area contributed by atoms with E-state index in [0.717, 1.165) is 18.5 Å². The Labute approximate surface area is 184 Å². The zero-order valence-corrected chi connectivity index (χ0v) is 19.0. The molecule has 0 aromatic heterocycles. The van der Waals surface area contributed by atoms with Gasteiger partial charge in [0.05, 0.1) is 6.61 Å². The minimum Gasteiger partial charge on any atom is -0.493 e. The maximum atomic E-state index is 12.1. The number of ether oxygens (including phenoxy) is 1. The van der Waals surface area contributed by atoms with Crippen molar-refractivity contribution >= 4 is 17.5 Å². The fourth-order valence-corrected chi connectivity index (χ4v) is 3.52. The lowest BCUT2D eigenvalue weighted by atomic mass is 9.94. The number of benzene rings is 2. The number of nitrogens with two attached hydrogens (primary N) is 1. The van der Waals surface area contributed by atoms with Gasteiger partial charge in [-0.05, 0) is 68.0 Å². The molecule has 0 aliphatic heterocycles. The Morgan fingerprint density at radius 1 is 1.23 bits per heavy atom. The number of aliphatic carboxylic acids is 1. The van der Waals surface area contributed by atoms with Crippen molar-refractivity contribution in [3.05, 3.63) is 59.2 Å². The number of nitrogens with one attached hydrogen (secondary N) is 2. The van der Waals surface area contributed by atoms with Crippen LogP contribution in [-0.4, -0.2) is 49.1 Å². The van der Waals surface area contributed by atoms with Crippen molar-refractivity contribution < 1.29 is 14.6 Å². The third-order valence-electron chi connectivity index (χ3n) is 4.86. The second kappa shape index (κ2) is 10.3. The standard InChI is InChI=1S/C24H34N4O3/c1-6-16-11-18(13-20(12-16)31-15-24(2,3)14-28(4)5)21(23(29)30)27-19-9-7-17(8-10-19)22(25)26/h7-13,21,27H,6,14-15H2,1-5H3,(H3,25,26)(H,29,30). The molecule has 7 nitrogen and oxygen atoms in total. The minimum absolute atomic E-state index is 0.0315. The first-order valence-corrected chi connectivity index (χ1v) is 10.4. The number of carbonyl (C=O) groups is 1. The molecule has 0 aliphatic rings. The van der Waals surface area contributed by atoms with Crippen LogP contribution in [0.25, 0.3) is 0 Å². The van der Waals surface area contributed by atoms with Gasteiger partial charge >= 0.3 is 5.97 Å². The van der Waals surface area contributed by atoms with Crippen LogP contribution in [0.5, 0.6) is 5.75 Å². The molecule has 2 rings (SSSR count). The van der Waals surface area contributed by atoms with Crippen LogP contribution in [0.1, 0.15) is 43.5 Å². The van der Waals surface area contributed by atoms with E-state index in [0.29, 0.717) is 29.2 Å². The van der Waals surface area contributed by atoms with Gasteiger partial charge in [-0.25, -0.2) is 4.79 Å². The highest BCUT2D eigenvalue weighted by atomic mass is 16.5. The van der Waals surface area contributed by atoms with Gasteiger partial charge in [-0.1, -0.05) is 26.8 Å². The Hall–Kier alpha value is -3.06. The molecule has 5 N–H and O–H groups in total. The van der Waals surface area contributed by atoms with E-state index >= 15 is 0 Å². The van der Waals surface area contributed by atoms with Crippen LogP contribution in [0.15, 0.2) is 42.5 Å². The lowest BCUT2D eigenvalue weighted by Crippen LogP contribution is -2.33. The summed E-state index contributed by atoms with van der Waals surface area (Å²) in [6.45, 7) is 7.72. The fourth-order valence-electron chi connectivity index (χ4n) is 3.52. The molecule has 0 aliphatic carbocycles. The maximum Gasteiger partial charge on any atom is 0.330 e. The van der Waals surface area contributed by atoms with Gasteiger partial charge in [0.25, 0.3) is 0 Å². The predicted molar refractivity (Wildman–Crippen MR) is 125 cm³/mol. The summed E-state index contributed by atoms with van der Waals surface area (Å²) in [5, 5.41) is 20.4. The van der Waals surface area contributed by atoms with E-state index < -0.39 is 12.0 Å². The highest BCUT2D eigenvalue weighted by Gasteiger charge is 2.23. The molecule has 2 aromatic rings. The van der Waals surface area contributed by atoms with Crippen LogP contribution in [-0.2, 0) is 11.2 Å². The molecule has 0 amide bonds. The van der Waals surface area contributed by atoms with E-state index in [2.05, 4.69) is 24.1 Å². The Morgan fingerprint density at radius 3 is 2.39 bits per heavy atom. The van der Waals surface area contributed by atoms with Crippen molar-refractivity contribution in [2.75, 3.05) is 32.6 Å². The molecule has 0 radical (unpaired) electrons. The summed E-state index contributed by atoms with van der Waals surface area (Å²) in [5.41, 5.74) is 8.30. The normalized spacial score (nSPS) is 12.5. The van der Waals surface area contributed by atoms with Gasteiger partial charge in [-0.2, -0.15) is 0 Å². The number of rotatable bonds is 11. The van der Waals surface area contributed by atoms with E-state index in [4.69, 9.17) is 15.9 Å². The van der Waals surface area contributed by atoms with Crippen LogP contribution in [0.2, 0.25) is 0 Å². The number of amidine groups is 1. The number of nitrogens with zero attached hydrogens (tertiary/aromatic N) is 1. The SMILES string of the molecule is CCc1cc(OCC(C)(C)CN(C)C)cc(C(Nc2ccc(C(=N)N)cc2)C(=O)O)c1. The number of hydrogen-bond donors (Lipinski definition) is 4. The molecule has 168 valence electrons. The summed E-state index contributed by atoms with van der Waals surface area (Å²) in [4.78, 5) is 14.2. The average molecular weight is 427 g/mol. The first-order valence-electron chi connectivity index (χ1n) is 10.4. The number of hydrogen-bond acceptors (Lipinski definition) is 5. The summed E-state index contributed by atoms with van der Waals surface area (Å²) in [6.07, 6.45) is 0.769. The van der Waals surface area contributed by atoms with Crippen molar-refractivity contribution in [2.45, 2.75) is 33.2 Å². The summed E-state index contributed by atoms with van der Waals surface area (Å²) in [7, 11) is 4.06. The maximum absolute atomic E-state index is 12.1. The summed E-state index contributed by atoms with van der Waals surface area (Å²) < 4.78 is 6.09. The van der Waals surface area contributed by atoms with Gasteiger partial charge in [0.1, 0.15) is 11.6 Å². The number of anilines is 1. The summed E-state index contributed by atoms with van der Waals surface area (Å²) in [6, 6.07) is 11.5. The molecule has 0 bridgehead atoms. The fraction of sp³-hybridized carbons (Fsp3) is 0.417. The molecule has 7 heteroatoms. The largest absolute Gasteiger partial charge is 0.493 e. The second-order valence-electron chi connectivity index (χ2n) is 8.86. The van der Waals surface area contributed by atoms with Gasteiger partial charge in [-0.15, -0.1) is 0 Å². The Balaban J connectivity index is 2.27. The highest BCUT2D eigenvalue weighted by molar-refractivity contribution is 5.95. The quantitative estimate of drug-likeness (QED) is 0.322. The third-order valence-corrected chi connectivity index (χ3v) is 4.86. The highest BCUT2D eigenvalue weighted by Crippen LogP contribution is 2.28. The van der Waals surface area contributed by atoms with Crippen LogP contribution in [0.3, 0.4) is 0 Å². The topological polar surface area (TPSA) is 112 Å². The molecule has 0 saturated carbocycles. The van der Waals surface area contributed by atoms with E-state index in [1.165, 1.54) is 0 Å². The Morgan fingerprint density at radius 2 is 1.87 bits per heavy atom. The average Bonchev–Trinajstić information content (AvgIpc) is 2.69. The number of aryl methyl sites for hydroxylation is 1. The van der Waals surface area contributed by atoms with Crippen molar-refractivity contribution in [3.63, 3.8) is 0 Å². The molecule has 0 fully saturated rings. The lowest BCUT2D eigenvalue weighted by Gasteiger charge is -2.28. The van der Waals surface area contributed by atoms with Crippen molar-refractivity contribution in [2.24, 2.45) is 11.1 Å². The predicted octanol–water partition coefficient (Wildman–Crippen LogP) is 3.74. The number of carboxylic acid groups (broad SMARTS) is 1. The minimum atomic E-state index is -0.984. The Bertz CT molecular complexity index is 908. The van der Waals surface area contributed by atoms with E-state index in [-0.39, 0.29) is 11.3 Å². The zero-order chi connectivity index (χ0) is 23.2. The summed E-state index contributed by atoms with van der Waals surface area (Å²) >= 11 is 0. The molecule has 0 heterocycles. The molecule has 0 spiro atoms. The molecule has 0 saturated heterocycles. The van der Waals surface area contributed by atoms with Gasteiger partial charge in [0.2, 0.25) is 0 Å². The first kappa shape index (κ1) is 24.2. The third kappa shape index (κ3) is 7.29. The zero-order valence-electron chi connectivity index (χ0n) is 19.0. The van der Waals surface area contributed by atoms with Gasteiger partial charge in [-0.3, -0.25) is 5.41 Å². The van der Waals surface area contributed by atoms with E-state index in [1.807, 2.05) is 33.2 Å². The molecular weight excluding hydrogens is 392 g/mol. The Kier molecular flexibility index (Phi) is 8.05. The molecule has 31 heavy (non-hydrogen) atoms. The second-order valence-corrected chi connectivity index (χ2v) is 8.86. The first-order chi connectivity index (χ1) is 14.5. The molecule has 2 aromatic carbocycles. The van der Waals surface area contributed by atoms with Crippen LogP contribution >= 0.6 is 0 Å². The summed E-state index contributed by atoms with van der Waals surface area (Å²) in [5.74, 6) is -0.347. The van der Waals surface area contributed by atoms with Gasteiger partial charge < -0.3 is 25.8 Å². The number of carboxylic acids is 1. The molecule has 1 unspecified atom stereocenters.